The zero-order chi connectivity index (χ0) is 19.8. The lowest BCUT2D eigenvalue weighted by Crippen LogP contribution is -2.18. The number of nitriles is 1. The molecule has 0 amide bonds. The van der Waals surface area contributed by atoms with Gasteiger partial charge in [0.15, 0.2) is 5.82 Å². The third-order valence-corrected chi connectivity index (χ3v) is 5.54. The number of fused-ring (bicyclic) bond motifs is 1. The largest absolute Gasteiger partial charge is 0.313 e. The maximum Gasteiger partial charge on any atom is 0.252 e. The van der Waals surface area contributed by atoms with E-state index in [9.17, 15) is 10.1 Å². The van der Waals surface area contributed by atoms with E-state index in [1.165, 1.54) is 17.4 Å². The molecule has 0 unspecified atom stereocenters. The maximum atomic E-state index is 11.8. The predicted molar refractivity (Wildman–Crippen MR) is 117 cm³/mol. The highest BCUT2D eigenvalue weighted by Gasteiger charge is 2.19. The molecule has 4 aromatic rings. The van der Waals surface area contributed by atoms with Crippen LogP contribution < -0.4 is 10.5 Å². The second-order valence-corrected chi connectivity index (χ2v) is 7.43. The van der Waals surface area contributed by atoms with Crippen LogP contribution >= 0.6 is 35.3 Å². The molecule has 146 valence electrons. The smallest absolute Gasteiger partial charge is 0.252 e. The number of nitrogens with zero attached hydrogens (tertiary/aromatic N) is 5. The summed E-state index contributed by atoms with van der Waals surface area (Å²) in [6.07, 6.45) is 1.65. The fraction of sp³-hybridized carbons (Fsp3) is 0.105. The van der Waals surface area contributed by atoms with Crippen LogP contribution in [0.25, 0.3) is 20.8 Å². The van der Waals surface area contributed by atoms with Crippen molar-refractivity contribution in [2.45, 2.75) is 6.92 Å². The van der Waals surface area contributed by atoms with Crippen LogP contribution in [0.1, 0.15) is 11.4 Å². The van der Waals surface area contributed by atoms with Gasteiger partial charge in [-0.3, -0.25) is 4.79 Å². The number of rotatable bonds is 3. The molecule has 1 N–H and O–H groups in total. The quantitative estimate of drug-likeness (QED) is 0.500. The molecule has 0 spiro atoms. The molecule has 10 heteroatoms. The number of halogens is 2. The predicted octanol–water partition coefficient (Wildman–Crippen LogP) is 4.46. The SMILES string of the molecule is Cc1nc(N(C)c2nccc3nc(-c4c(Cl)cccc4C#N)sc23)cc(=O)[nH]1.Cl. The third kappa shape index (κ3) is 3.80. The molecule has 4 rings (SSSR count). The number of benzene rings is 1. The number of aromatic nitrogens is 4. The van der Waals surface area contributed by atoms with E-state index < -0.39 is 0 Å². The maximum absolute atomic E-state index is 11.8. The topological polar surface area (TPSA) is 98.6 Å². The van der Waals surface area contributed by atoms with Crippen molar-refractivity contribution in [2.24, 2.45) is 0 Å². The van der Waals surface area contributed by atoms with Crippen molar-refractivity contribution >= 4 is 57.2 Å². The van der Waals surface area contributed by atoms with E-state index in [2.05, 4.69) is 26.0 Å². The van der Waals surface area contributed by atoms with Crippen LogP contribution in [0.4, 0.5) is 11.6 Å². The monoisotopic (exact) mass is 444 g/mol. The van der Waals surface area contributed by atoms with Crippen molar-refractivity contribution in [1.29, 1.82) is 5.26 Å². The summed E-state index contributed by atoms with van der Waals surface area (Å²) in [6, 6.07) is 10.6. The van der Waals surface area contributed by atoms with Gasteiger partial charge in [0, 0.05) is 24.9 Å². The Morgan fingerprint density at radius 3 is 2.79 bits per heavy atom. The van der Waals surface area contributed by atoms with Crippen molar-refractivity contribution in [2.75, 3.05) is 11.9 Å². The second kappa shape index (κ2) is 8.17. The van der Waals surface area contributed by atoms with Gasteiger partial charge in [0.2, 0.25) is 0 Å². The Labute approximate surface area is 181 Å². The first-order valence-electron chi connectivity index (χ1n) is 8.24. The molecular formula is C19H14Cl2N6OS. The van der Waals surface area contributed by atoms with Gasteiger partial charge in [-0.05, 0) is 25.1 Å². The Bertz CT molecular complexity index is 1310. The van der Waals surface area contributed by atoms with Gasteiger partial charge in [0.25, 0.3) is 5.56 Å². The summed E-state index contributed by atoms with van der Waals surface area (Å²) in [4.78, 5) is 29.7. The minimum atomic E-state index is -0.235. The molecule has 0 bridgehead atoms. The minimum Gasteiger partial charge on any atom is -0.313 e. The van der Waals surface area contributed by atoms with E-state index in [1.807, 2.05) is 0 Å². The third-order valence-electron chi connectivity index (χ3n) is 4.14. The second-order valence-electron chi connectivity index (χ2n) is 6.02. The molecule has 0 aliphatic rings. The molecule has 3 aromatic heterocycles. The van der Waals surface area contributed by atoms with Crippen molar-refractivity contribution in [3.63, 3.8) is 0 Å². The highest BCUT2D eigenvalue weighted by Crippen LogP contribution is 2.39. The van der Waals surface area contributed by atoms with E-state index >= 15 is 0 Å². The van der Waals surface area contributed by atoms with E-state index in [4.69, 9.17) is 11.6 Å². The van der Waals surface area contributed by atoms with Crippen LogP contribution in [0.2, 0.25) is 5.02 Å². The Balaban J connectivity index is 0.00000240. The van der Waals surface area contributed by atoms with Crippen LogP contribution in [-0.2, 0) is 0 Å². The molecule has 1 aromatic carbocycles. The Morgan fingerprint density at radius 2 is 2.07 bits per heavy atom. The summed E-state index contributed by atoms with van der Waals surface area (Å²) >= 11 is 7.73. The highest BCUT2D eigenvalue weighted by atomic mass is 35.5. The lowest BCUT2D eigenvalue weighted by Gasteiger charge is -2.17. The molecule has 7 nitrogen and oxygen atoms in total. The van der Waals surface area contributed by atoms with Gasteiger partial charge in [-0.25, -0.2) is 15.0 Å². The number of pyridine rings is 1. The molecule has 0 aliphatic carbocycles. The van der Waals surface area contributed by atoms with Gasteiger partial charge in [-0.15, -0.1) is 23.7 Å². The fourth-order valence-corrected chi connectivity index (χ4v) is 4.35. The molecule has 0 atom stereocenters. The Kier molecular flexibility index (Phi) is 5.84. The highest BCUT2D eigenvalue weighted by molar-refractivity contribution is 7.22. The average molecular weight is 445 g/mol. The summed E-state index contributed by atoms with van der Waals surface area (Å²) in [5.74, 6) is 1.61. The zero-order valence-corrected chi connectivity index (χ0v) is 17.7. The number of thiazole rings is 1. The lowest BCUT2D eigenvalue weighted by molar-refractivity contribution is 0.980. The zero-order valence-electron chi connectivity index (χ0n) is 15.3. The van der Waals surface area contributed by atoms with Crippen molar-refractivity contribution in [3.05, 3.63) is 63.3 Å². The number of hydrogen-bond acceptors (Lipinski definition) is 7. The lowest BCUT2D eigenvalue weighted by atomic mass is 10.1. The van der Waals surface area contributed by atoms with Crippen molar-refractivity contribution in [1.82, 2.24) is 19.9 Å². The standard InChI is InChI=1S/C19H13ClN6OS.ClH/c1-10-23-14(8-15(27)24-10)26(2)18-17-13(6-7-22-18)25-19(28-17)16-11(9-21)4-3-5-12(16)20;/h3-8H,1-2H3,(H,23,24,27);1H. The molecule has 0 saturated carbocycles. The van der Waals surface area contributed by atoms with Crippen molar-refractivity contribution < 1.29 is 0 Å². The van der Waals surface area contributed by atoms with Crippen molar-refractivity contribution in [3.8, 4) is 16.6 Å². The summed E-state index contributed by atoms with van der Waals surface area (Å²) in [5, 5.41) is 10.5. The number of H-pyrrole nitrogens is 1. The molecule has 0 radical (unpaired) electrons. The summed E-state index contributed by atoms with van der Waals surface area (Å²) in [6.45, 7) is 1.72. The molecule has 0 saturated heterocycles. The van der Waals surface area contributed by atoms with Gasteiger partial charge < -0.3 is 9.88 Å². The van der Waals surface area contributed by atoms with Gasteiger partial charge in [-0.1, -0.05) is 17.7 Å². The molecule has 29 heavy (non-hydrogen) atoms. The summed E-state index contributed by atoms with van der Waals surface area (Å²) < 4.78 is 0.809. The van der Waals surface area contributed by atoms with Gasteiger partial charge in [0.05, 0.1) is 26.9 Å². The van der Waals surface area contributed by atoms with Gasteiger partial charge in [-0.2, -0.15) is 5.26 Å². The fourth-order valence-electron chi connectivity index (χ4n) is 2.87. The average Bonchev–Trinajstić information content (AvgIpc) is 3.10. The van der Waals surface area contributed by atoms with Crippen LogP contribution in [0.15, 0.2) is 41.3 Å². The first kappa shape index (κ1) is 20.7. The first-order valence-corrected chi connectivity index (χ1v) is 9.43. The van der Waals surface area contributed by atoms with Gasteiger partial charge in [0.1, 0.15) is 16.6 Å². The van der Waals surface area contributed by atoms with E-state index in [0.717, 1.165) is 10.2 Å². The molecular weight excluding hydrogens is 431 g/mol. The van der Waals surface area contributed by atoms with Gasteiger partial charge >= 0.3 is 0 Å². The van der Waals surface area contributed by atoms with Crippen LogP contribution in [0.5, 0.6) is 0 Å². The van der Waals surface area contributed by atoms with Crippen LogP contribution in [0.3, 0.4) is 0 Å². The van der Waals surface area contributed by atoms with E-state index in [0.29, 0.717) is 38.6 Å². The summed E-state index contributed by atoms with van der Waals surface area (Å²) in [5.41, 5.74) is 1.55. The number of aryl methyl sites for hydroxylation is 1. The molecule has 0 aliphatic heterocycles. The normalized spacial score (nSPS) is 10.4. The van der Waals surface area contributed by atoms with E-state index in [1.54, 1.807) is 49.3 Å². The Hall–Kier alpha value is -2.99. The van der Waals surface area contributed by atoms with Crippen LogP contribution in [0, 0.1) is 18.3 Å². The summed E-state index contributed by atoms with van der Waals surface area (Å²) in [7, 11) is 1.79. The number of nitrogens with one attached hydrogen (secondary N) is 1. The number of anilines is 2. The Morgan fingerprint density at radius 1 is 1.28 bits per heavy atom. The minimum absolute atomic E-state index is 0. The molecule has 3 heterocycles. The molecule has 0 fully saturated rings. The van der Waals surface area contributed by atoms with E-state index in [-0.39, 0.29) is 18.0 Å². The van der Waals surface area contributed by atoms with Crippen LogP contribution in [-0.4, -0.2) is 27.0 Å². The number of aromatic amines is 1. The first-order chi connectivity index (χ1) is 13.5. The number of hydrogen-bond donors (Lipinski definition) is 1.